The molecule has 2 aromatic carbocycles. The Hall–Kier alpha value is -1.78. The molecule has 22 heavy (non-hydrogen) atoms. The number of aromatic nitrogens is 2. The highest BCUT2D eigenvalue weighted by atomic mass is 32.2. The van der Waals surface area contributed by atoms with Gasteiger partial charge in [-0.1, -0.05) is 72.4 Å². The van der Waals surface area contributed by atoms with Crippen LogP contribution < -0.4 is 0 Å². The van der Waals surface area contributed by atoms with E-state index in [-0.39, 0.29) is 0 Å². The van der Waals surface area contributed by atoms with E-state index in [9.17, 15) is 0 Å². The van der Waals surface area contributed by atoms with Crippen LogP contribution in [0.15, 0.2) is 83.1 Å². The molecule has 0 atom stereocenters. The molecule has 3 rings (SSSR count). The van der Waals surface area contributed by atoms with Crippen LogP contribution in [0.5, 0.6) is 0 Å². The van der Waals surface area contributed by atoms with Gasteiger partial charge in [0.2, 0.25) is 0 Å². The molecule has 0 fully saturated rings. The lowest BCUT2D eigenvalue weighted by Gasteiger charge is -2.04. The Labute approximate surface area is 139 Å². The molecule has 0 aliphatic carbocycles. The van der Waals surface area contributed by atoms with Crippen molar-refractivity contribution in [2.75, 3.05) is 0 Å². The first kappa shape index (κ1) is 15.1. The van der Waals surface area contributed by atoms with Crippen LogP contribution in [0.25, 0.3) is 0 Å². The van der Waals surface area contributed by atoms with Crippen molar-refractivity contribution in [3.05, 3.63) is 84.1 Å². The van der Waals surface area contributed by atoms with Gasteiger partial charge in [-0.3, -0.25) is 0 Å². The molecule has 0 bridgehead atoms. The maximum absolute atomic E-state index is 4.62. The smallest absolute Gasteiger partial charge is 0.188 e. The summed E-state index contributed by atoms with van der Waals surface area (Å²) in [7, 11) is 0. The van der Waals surface area contributed by atoms with Gasteiger partial charge in [-0.05, 0) is 17.2 Å². The first-order chi connectivity index (χ1) is 10.9. The molecule has 0 radical (unpaired) electrons. The minimum atomic E-state index is 0.835. The van der Waals surface area contributed by atoms with E-state index in [1.165, 1.54) is 11.1 Å². The van der Waals surface area contributed by atoms with Crippen molar-refractivity contribution in [3.63, 3.8) is 0 Å². The van der Waals surface area contributed by atoms with E-state index in [0.717, 1.165) is 21.7 Å². The fraction of sp³-hybridized carbons (Fsp3) is 0.111. The van der Waals surface area contributed by atoms with Crippen LogP contribution in [-0.4, -0.2) is 9.97 Å². The van der Waals surface area contributed by atoms with Gasteiger partial charge in [0.15, 0.2) is 5.16 Å². The average molecular weight is 324 g/mol. The predicted octanol–water partition coefficient (Wildman–Crippen LogP) is 5.06. The second kappa shape index (κ2) is 8.01. The fourth-order valence-corrected chi connectivity index (χ4v) is 3.59. The number of thioether (sulfide) groups is 2. The van der Waals surface area contributed by atoms with Crippen molar-refractivity contribution < 1.29 is 0 Å². The molecule has 3 aromatic rings. The van der Waals surface area contributed by atoms with Crippen LogP contribution in [0.4, 0.5) is 0 Å². The molecule has 0 unspecified atom stereocenters. The summed E-state index contributed by atoms with van der Waals surface area (Å²) >= 11 is 3.42. The normalized spacial score (nSPS) is 10.5. The van der Waals surface area contributed by atoms with Gasteiger partial charge >= 0.3 is 0 Å². The first-order valence-electron chi connectivity index (χ1n) is 7.07. The molecule has 1 heterocycles. The lowest BCUT2D eigenvalue weighted by atomic mass is 10.2. The SMILES string of the molecule is c1ccc(CSc2ccnc(SCc3ccccc3)n2)cc1. The van der Waals surface area contributed by atoms with Crippen LogP contribution in [0, 0.1) is 0 Å². The van der Waals surface area contributed by atoms with E-state index in [1.807, 2.05) is 24.4 Å². The van der Waals surface area contributed by atoms with Crippen LogP contribution in [-0.2, 0) is 11.5 Å². The van der Waals surface area contributed by atoms with E-state index in [2.05, 4.69) is 58.5 Å². The van der Waals surface area contributed by atoms with Crippen molar-refractivity contribution >= 4 is 23.5 Å². The Balaban J connectivity index is 1.58. The topological polar surface area (TPSA) is 25.8 Å². The Bertz CT molecular complexity index is 644. The third-order valence-electron chi connectivity index (χ3n) is 3.05. The van der Waals surface area contributed by atoms with E-state index < -0.39 is 0 Å². The molecule has 0 saturated carbocycles. The third kappa shape index (κ3) is 4.61. The number of benzene rings is 2. The largest absolute Gasteiger partial charge is 0.231 e. The van der Waals surface area contributed by atoms with Gasteiger partial charge in [0.1, 0.15) is 5.03 Å². The predicted molar refractivity (Wildman–Crippen MR) is 94.0 cm³/mol. The van der Waals surface area contributed by atoms with Gasteiger partial charge < -0.3 is 0 Å². The van der Waals surface area contributed by atoms with Crippen LogP contribution in [0.3, 0.4) is 0 Å². The average Bonchev–Trinajstić information content (AvgIpc) is 2.60. The molecule has 0 amide bonds. The number of hydrogen-bond donors (Lipinski definition) is 0. The molecule has 0 aliphatic rings. The maximum atomic E-state index is 4.62. The first-order valence-corrected chi connectivity index (χ1v) is 9.04. The minimum absolute atomic E-state index is 0.835. The highest BCUT2D eigenvalue weighted by Gasteiger charge is 2.02. The van der Waals surface area contributed by atoms with Crippen LogP contribution in [0.2, 0.25) is 0 Å². The third-order valence-corrected chi connectivity index (χ3v) is 4.98. The second-order valence-electron chi connectivity index (χ2n) is 4.73. The Morgan fingerprint density at radius 1 is 0.682 bits per heavy atom. The summed E-state index contributed by atoms with van der Waals surface area (Å²) in [4.78, 5) is 8.97. The summed E-state index contributed by atoms with van der Waals surface area (Å²) in [5, 5.41) is 1.86. The summed E-state index contributed by atoms with van der Waals surface area (Å²) < 4.78 is 0. The van der Waals surface area contributed by atoms with E-state index in [4.69, 9.17) is 0 Å². The van der Waals surface area contributed by atoms with Gasteiger partial charge in [0.05, 0.1) is 0 Å². The molecule has 110 valence electrons. The summed E-state index contributed by atoms with van der Waals surface area (Å²) in [6.07, 6.45) is 1.84. The zero-order valence-electron chi connectivity index (χ0n) is 12.1. The molecule has 0 aliphatic heterocycles. The van der Waals surface area contributed by atoms with Crippen LogP contribution in [0.1, 0.15) is 11.1 Å². The van der Waals surface area contributed by atoms with E-state index in [1.54, 1.807) is 23.5 Å². The Kier molecular flexibility index (Phi) is 5.51. The van der Waals surface area contributed by atoms with Crippen molar-refractivity contribution in [2.45, 2.75) is 21.7 Å². The van der Waals surface area contributed by atoms with Gasteiger partial charge in [-0.2, -0.15) is 0 Å². The van der Waals surface area contributed by atoms with Gasteiger partial charge in [-0.25, -0.2) is 9.97 Å². The van der Waals surface area contributed by atoms with Gasteiger partial charge in [-0.15, -0.1) is 11.8 Å². The molecular weight excluding hydrogens is 308 g/mol. The molecule has 0 saturated heterocycles. The standard InChI is InChI=1S/C18H16N2S2/c1-3-7-15(8-4-1)13-21-17-11-12-19-18(20-17)22-14-16-9-5-2-6-10-16/h1-12H,13-14H2. The molecule has 0 spiro atoms. The zero-order chi connectivity index (χ0) is 15.0. The minimum Gasteiger partial charge on any atom is -0.231 e. The summed E-state index contributed by atoms with van der Waals surface area (Å²) in [6, 6.07) is 22.8. The number of nitrogens with zero attached hydrogens (tertiary/aromatic N) is 2. The molecule has 4 heteroatoms. The zero-order valence-corrected chi connectivity index (χ0v) is 13.7. The quantitative estimate of drug-likeness (QED) is 0.359. The Morgan fingerprint density at radius 2 is 1.27 bits per heavy atom. The fourth-order valence-electron chi connectivity index (χ4n) is 1.93. The van der Waals surface area contributed by atoms with Gasteiger partial charge in [0.25, 0.3) is 0 Å². The molecule has 0 N–H and O–H groups in total. The van der Waals surface area contributed by atoms with E-state index in [0.29, 0.717) is 0 Å². The number of rotatable bonds is 6. The molecule has 2 nitrogen and oxygen atoms in total. The van der Waals surface area contributed by atoms with E-state index >= 15 is 0 Å². The van der Waals surface area contributed by atoms with Crippen molar-refractivity contribution in [3.8, 4) is 0 Å². The molecular formula is C18H16N2S2. The lowest BCUT2D eigenvalue weighted by Crippen LogP contribution is -1.90. The van der Waals surface area contributed by atoms with Crippen molar-refractivity contribution in [1.82, 2.24) is 9.97 Å². The summed E-state index contributed by atoms with van der Waals surface area (Å²) in [5.74, 6) is 1.83. The monoisotopic (exact) mass is 324 g/mol. The summed E-state index contributed by atoms with van der Waals surface area (Å²) in [6.45, 7) is 0. The summed E-state index contributed by atoms with van der Waals surface area (Å²) in [5.41, 5.74) is 2.60. The molecule has 1 aromatic heterocycles. The van der Waals surface area contributed by atoms with Crippen LogP contribution >= 0.6 is 23.5 Å². The maximum Gasteiger partial charge on any atom is 0.188 e. The van der Waals surface area contributed by atoms with Crippen molar-refractivity contribution in [1.29, 1.82) is 0 Å². The highest BCUT2D eigenvalue weighted by molar-refractivity contribution is 7.99. The highest BCUT2D eigenvalue weighted by Crippen LogP contribution is 2.24. The lowest BCUT2D eigenvalue weighted by molar-refractivity contribution is 0.891. The van der Waals surface area contributed by atoms with Gasteiger partial charge in [0, 0.05) is 17.7 Å². The Morgan fingerprint density at radius 3 is 1.91 bits per heavy atom. The number of hydrogen-bond acceptors (Lipinski definition) is 4. The second-order valence-corrected chi connectivity index (χ2v) is 6.66. The van der Waals surface area contributed by atoms with Crippen molar-refractivity contribution in [2.24, 2.45) is 0 Å².